The first-order valence-corrected chi connectivity index (χ1v) is 16.3. The van der Waals surface area contributed by atoms with Crippen LogP contribution in [-0.4, -0.2) is 44.3 Å². The lowest BCUT2D eigenvalue weighted by molar-refractivity contribution is -0.140. The molecule has 44 heavy (non-hydrogen) atoms. The molecule has 0 saturated heterocycles. The monoisotopic (exact) mass is 611 g/mol. The normalized spacial score (nSPS) is 12.0. The molecule has 0 aliphatic rings. The Morgan fingerprint density at radius 1 is 0.727 bits per heavy atom. The van der Waals surface area contributed by atoms with Gasteiger partial charge in [0.05, 0.1) is 10.6 Å². The van der Waals surface area contributed by atoms with E-state index in [4.69, 9.17) is 0 Å². The standard InChI is InChI=1S/C36H41N3O4S/c1-27(2)24-37-36(41)34(23-30-11-7-5-8-12-30)38(25-31-13-9-6-10-14-31)35(40)26-39(32-19-15-28(3)16-20-32)44(42,43)33-21-17-29(4)18-22-33/h5-22,27,34H,23-26H2,1-4H3,(H,37,41)/t34-/m1/s1. The van der Waals surface area contributed by atoms with Crippen molar-refractivity contribution >= 4 is 27.5 Å². The Morgan fingerprint density at radius 2 is 1.25 bits per heavy atom. The highest BCUT2D eigenvalue weighted by Gasteiger charge is 2.34. The molecule has 0 aromatic heterocycles. The van der Waals surface area contributed by atoms with Gasteiger partial charge in [-0.15, -0.1) is 0 Å². The van der Waals surface area contributed by atoms with Crippen LogP contribution in [0.3, 0.4) is 0 Å². The number of carbonyl (C=O) groups excluding carboxylic acids is 2. The first-order valence-electron chi connectivity index (χ1n) is 14.9. The number of hydrogen-bond donors (Lipinski definition) is 1. The Hall–Kier alpha value is -4.43. The van der Waals surface area contributed by atoms with Crippen molar-refractivity contribution < 1.29 is 18.0 Å². The maximum absolute atomic E-state index is 14.4. The summed E-state index contributed by atoms with van der Waals surface area (Å²) in [5, 5.41) is 3.01. The van der Waals surface area contributed by atoms with Crippen molar-refractivity contribution in [3.63, 3.8) is 0 Å². The smallest absolute Gasteiger partial charge is 0.264 e. The molecule has 0 heterocycles. The fourth-order valence-corrected chi connectivity index (χ4v) is 6.25. The van der Waals surface area contributed by atoms with Gasteiger partial charge >= 0.3 is 0 Å². The predicted molar refractivity (Wildman–Crippen MR) is 176 cm³/mol. The van der Waals surface area contributed by atoms with E-state index in [9.17, 15) is 18.0 Å². The predicted octanol–water partition coefficient (Wildman–Crippen LogP) is 5.91. The van der Waals surface area contributed by atoms with Crippen LogP contribution in [0.25, 0.3) is 0 Å². The zero-order valence-corrected chi connectivity index (χ0v) is 26.6. The summed E-state index contributed by atoms with van der Waals surface area (Å²) in [5.41, 5.74) is 3.98. The summed E-state index contributed by atoms with van der Waals surface area (Å²) < 4.78 is 29.3. The Balaban J connectivity index is 1.78. The Bertz CT molecular complexity index is 1620. The summed E-state index contributed by atoms with van der Waals surface area (Å²) in [6, 6.07) is 31.7. The number of amides is 2. The summed E-state index contributed by atoms with van der Waals surface area (Å²) in [7, 11) is -4.13. The van der Waals surface area contributed by atoms with Gasteiger partial charge in [-0.3, -0.25) is 13.9 Å². The Morgan fingerprint density at radius 3 is 1.80 bits per heavy atom. The molecule has 4 aromatic rings. The molecule has 0 bridgehead atoms. The average molecular weight is 612 g/mol. The van der Waals surface area contributed by atoms with Crippen molar-refractivity contribution in [1.82, 2.24) is 10.2 Å². The maximum atomic E-state index is 14.4. The minimum absolute atomic E-state index is 0.0848. The highest BCUT2D eigenvalue weighted by molar-refractivity contribution is 7.92. The van der Waals surface area contributed by atoms with Crippen LogP contribution < -0.4 is 9.62 Å². The van der Waals surface area contributed by atoms with Crippen molar-refractivity contribution in [2.24, 2.45) is 5.92 Å². The SMILES string of the molecule is Cc1ccc(N(CC(=O)N(Cc2ccccc2)[C@H](Cc2ccccc2)C(=O)NCC(C)C)S(=O)(=O)c2ccc(C)cc2)cc1. The summed E-state index contributed by atoms with van der Waals surface area (Å²) in [6.45, 7) is 7.93. The van der Waals surface area contributed by atoms with Crippen LogP contribution in [0, 0.1) is 19.8 Å². The number of carbonyl (C=O) groups is 2. The fraction of sp³-hybridized carbons (Fsp3) is 0.278. The van der Waals surface area contributed by atoms with E-state index in [2.05, 4.69) is 5.32 Å². The van der Waals surface area contributed by atoms with Gasteiger partial charge in [0, 0.05) is 19.5 Å². The third kappa shape index (κ3) is 8.57. The minimum Gasteiger partial charge on any atom is -0.354 e. The molecule has 1 atom stereocenters. The molecule has 8 heteroatoms. The molecular formula is C36H41N3O4S. The number of benzene rings is 4. The molecule has 0 spiro atoms. The van der Waals surface area contributed by atoms with Crippen LogP contribution in [0.4, 0.5) is 5.69 Å². The zero-order valence-electron chi connectivity index (χ0n) is 25.8. The van der Waals surface area contributed by atoms with Crippen molar-refractivity contribution in [3.8, 4) is 0 Å². The Labute approximate surface area is 261 Å². The number of nitrogens with zero attached hydrogens (tertiary/aromatic N) is 2. The van der Waals surface area contributed by atoms with Crippen LogP contribution in [0.5, 0.6) is 0 Å². The van der Waals surface area contributed by atoms with Crippen LogP contribution in [0.15, 0.2) is 114 Å². The van der Waals surface area contributed by atoms with Gasteiger partial charge in [-0.2, -0.15) is 0 Å². The number of hydrogen-bond acceptors (Lipinski definition) is 4. The molecule has 0 aliphatic carbocycles. The second kappa shape index (κ2) is 14.8. The molecule has 2 amide bonds. The van der Waals surface area contributed by atoms with E-state index in [1.165, 1.54) is 4.90 Å². The summed E-state index contributed by atoms with van der Waals surface area (Å²) >= 11 is 0. The average Bonchev–Trinajstić information content (AvgIpc) is 3.02. The largest absolute Gasteiger partial charge is 0.354 e. The summed E-state index contributed by atoms with van der Waals surface area (Å²) in [5.74, 6) is -0.549. The lowest BCUT2D eigenvalue weighted by Gasteiger charge is -2.34. The molecular weight excluding hydrogens is 570 g/mol. The van der Waals surface area contributed by atoms with E-state index in [0.717, 1.165) is 26.6 Å². The molecule has 4 aromatic carbocycles. The second-order valence-corrected chi connectivity index (χ2v) is 13.4. The van der Waals surface area contributed by atoms with Crippen LogP contribution >= 0.6 is 0 Å². The van der Waals surface area contributed by atoms with E-state index in [1.54, 1.807) is 36.4 Å². The summed E-state index contributed by atoms with van der Waals surface area (Å²) in [4.78, 5) is 29.8. The van der Waals surface area contributed by atoms with Gasteiger partial charge in [-0.25, -0.2) is 8.42 Å². The van der Waals surface area contributed by atoms with Crippen LogP contribution in [-0.2, 0) is 32.6 Å². The van der Waals surface area contributed by atoms with E-state index in [-0.39, 0.29) is 29.7 Å². The number of anilines is 1. The van der Waals surface area contributed by atoms with Gasteiger partial charge in [-0.05, 0) is 55.2 Å². The number of sulfonamides is 1. The molecule has 1 N–H and O–H groups in total. The fourth-order valence-electron chi connectivity index (χ4n) is 4.83. The topological polar surface area (TPSA) is 86.8 Å². The van der Waals surface area contributed by atoms with E-state index >= 15 is 0 Å². The number of nitrogens with one attached hydrogen (secondary N) is 1. The molecule has 4 rings (SSSR count). The van der Waals surface area contributed by atoms with Crippen molar-refractivity contribution in [2.75, 3.05) is 17.4 Å². The first kappa shape index (κ1) is 32.5. The van der Waals surface area contributed by atoms with Crippen molar-refractivity contribution in [3.05, 3.63) is 131 Å². The Kier molecular flexibility index (Phi) is 11.0. The van der Waals surface area contributed by atoms with E-state index in [0.29, 0.717) is 12.2 Å². The molecule has 0 aliphatic heterocycles. The first-order chi connectivity index (χ1) is 21.0. The van der Waals surface area contributed by atoms with Gasteiger partial charge < -0.3 is 10.2 Å². The lowest BCUT2D eigenvalue weighted by atomic mass is 10.0. The molecule has 230 valence electrons. The highest BCUT2D eigenvalue weighted by atomic mass is 32.2. The second-order valence-electron chi connectivity index (χ2n) is 11.5. The van der Waals surface area contributed by atoms with Gasteiger partial charge in [0.2, 0.25) is 11.8 Å². The van der Waals surface area contributed by atoms with E-state index in [1.807, 2.05) is 100 Å². The van der Waals surface area contributed by atoms with Crippen LogP contribution in [0.2, 0.25) is 0 Å². The lowest BCUT2D eigenvalue weighted by Crippen LogP contribution is -2.53. The van der Waals surface area contributed by atoms with Crippen LogP contribution in [0.1, 0.15) is 36.1 Å². The highest BCUT2D eigenvalue weighted by Crippen LogP contribution is 2.26. The quantitative estimate of drug-likeness (QED) is 0.204. The molecule has 0 radical (unpaired) electrons. The van der Waals surface area contributed by atoms with E-state index < -0.39 is 28.5 Å². The summed E-state index contributed by atoms with van der Waals surface area (Å²) in [6.07, 6.45) is 0.276. The van der Waals surface area contributed by atoms with Crippen molar-refractivity contribution in [2.45, 2.75) is 51.6 Å². The maximum Gasteiger partial charge on any atom is 0.264 e. The van der Waals surface area contributed by atoms with Gasteiger partial charge in [0.1, 0.15) is 12.6 Å². The minimum atomic E-state index is -4.13. The zero-order chi connectivity index (χ0) is 31.7. The van der Waals surface area contributed by atoms with Gasteiger partial charge in [0.25, 0.3) is 10.0 Å². The third-order valence-corrected chi connectivity index (χ3v) is 9.15. The molecule has 0 saturated carbocycles. The molecule has 0 fully saturated rings. The number of rotatable bonds is 13. The third-order valence-electron chi connectivity index (χ3n) is 7.36. The molecule has 0 unspecified atom stereocenters. The van der Waals surface area contributed by atoms with Gasteiger partial charge in [-0.1, -0.05) is 110 Å². The number of aryl methyl sites for hydroxylation is 2. The van der Waals surface area contributed by atoms with Gasteiger partial charge in [0.15, 0.2) is 0 Å². The van der Waals surface area contributed by atoms with Crippen molar-refractivity contribution in [1.29, 1.82) is 0 Å². The molecule has 7 nitrogen and oxygen atoms in total.